The Balaban J connectivity index is 2.59. The quantitative estimate of drug-likeness (QED) is 0.820. The average molecular weight is 210 g/mol. The van der Waals surface area contributed by atoms with Crippen molar-refractivity contribution in [2.45, 2.75) is 13.5 Å². The molecule has 0 unspecified atom stereocenters. The van der Waals surface area contributed by atoms with Crippen LogP contribution in [-0.2, 0) is 6.54 Å². The summed E-state index contributed by atoms with van der Waals surface area (Å²) in [7, 11) is 1.93. The number of halogens is 1. The number of nitrogens with one attached hydrogen (secondary N) is 1. The van der Waals surface area contributed by atoms with E-state index in [0.717, 1.165) is 17.9 Å². The van der Waals surface area contributed by atoms with Crippen molar-refractivity contribution in [3.63, 3.8) is 0 Å². The first-order chi connectivity index (χ1) is 6.72. The SMILES string of the molecule is CNCc1ccc2c(Cl)nc(C)n2c1. The van der Waals surface area contributed by atoms with Gasteiger partial charge in [-0.1, -0.05) is 17.7 Å². The highest BCUT2D eigenvalue weighted by Gasteiger charge is 2.05. The van der Waals surface area contributed by atoms with E-state index in [1.807, 2.05) is 24.4 Å². The van der Waals surface area contributed by atoms with E-state index < -0.39 is 0 Å². The lowest BCUT2D eigenvalue weighted by Gasteiger charge is -2.02. The van der Waals surface area contributed by atoms with Crippen molar-refractivity contribution in [3.05, 3.63) is 34.9 Å². The summed E-state index contributed by atoms with van der Waals surface area (Å²) in [6.45, 7) is 2.80. The molecule has 2 aromatic rings. The van der Waals surface area contributed by atoms with Crippen LogP contribution in [0.1, 0.15) is 11.4 Å². The van der Waals surface area contributed by atoms with Crippen LogP contribution in [0.2, 0.25) is 5.15 Å². The van der Waals surface area contributed by atoms with E-state index in [1.54, 1.807) is 0 Å². The second-order valence-electron chi connectivity index (χ2n) is 3.27. The third-order valence-corrected chi connectivity index (χ3v) is 2.49. The third kappa shape index (κ3) is 1.49. The molecule has 2 rings (SSSR count). The Bertz CT molecular complexity index is 462. The first kappa shape index (κ1) is 9.49. The van der Waals surface area contributed by atoms with Crippen molar-refractivity contribution < 1.29 is 0 Å². The second kappa shape index (κ2) is 3.59. The maximum atomic E-state index is 5.96. The van der Waals surface area contributed by atoms with Crippen molar-refractivity contribution in [1.29, 1.82) is 0 Å². The number of fused-ring (bicyclic) bond motifs is 1. The molecule has 0 aliphatic rings. The second-order valence-corrected chi connectivity index (χ2v) is 3.63. The molecule has 4 heteroatoms. The van der Waals surface area contributed by atoms with Gasteiger partial charge in [0.25, 0.3) is 0 Å². The number of pyridine rings is 1. The number of hydrogen-bond donors (Lipinski definition) is 1. The Morgan fingerprint density at radius 2 is 2.29 bits per heavy atom. The Morgan fingerprint density at radius 1 is 1.50 bits per heavy atom. The summed E-state index contributed by atoms with van der Waals surface area (Å²) in [6.07, 6.45) is 2.06. The summed E-state index contributed by atoms with van der Waals surface area (Å²) in [5.74, 6) is 0.919. The molecule has 0 saturated carbocycles. The van der Waals surface area contributed by atoms with Gasteiger partial charge in [0.2, 0.25) is 0 Å². The van der Waals surface area contributed by atoms with Gasteiger partial charge in [0.1, 0.15) is 5.82 Å². The Kier molecular flexibility index (Phi) is 2.44. The predicted molar refractivity (Wildman–Crippen MR) is 57.7 cm³/mol. The third-order valence-electron chi connectivity index (χ3n) is 2.21. The molecule has 0 fully saturated rings. The van der Waals surface area contributed by atoms with Gasteiger partial charge in [0.15, 0.2) is 5.15 Å². The molecule has 2 heterocycles. The van der Waals surface area contributed by atoms with Gasteiger partial charge in [-0.25, -0.2) is 4.98 Å². The van der Waals surface area contributed by atoms with Gasteiger partial charge in [0.05, 0.1) is 5.52 Å². The molecular formula is C10H12ClN3. The maximum Gasteiger partial charge on any atom is 0.155 e. The maximum absolute atomic E-state index is 5.96. The zero-order chi connectivity index (χ0) is 10.1. The molecule has 0 aliphatic heterocycles. The normalized spacial score (nSPS) is 11.1. The molecule has 0 aromatic carbocycles. The number of rotatable bonds is 2. The summed E-state index contributed by atoms with van der Waals surface area (Å²) < 4.78 is 2.01. The Labute approximate surface area is 87.7 Å². The lowest BCUT2D eigenvalue weighted by Crippen LogP contribution is -2.05. The number of hydrogen-bond acceptors (Lipinski definition) is 2. The number of aryl methyl sites for hydroxylation is 1. The Hall–Kier alpha value is -1.06. The smallest absolute Gasteiger partial charge is 0.155 e. The van der Waals surface area contributed by atoms with E-state index in [9.17, 15) is 0 Å². The molecule has 1 N–H and O–H groups in total. The highest BCUT2D eigenvalue weighted by atomic mass is 35.5. The fourth-order valence-corrected chi connectivity index (χ4v) is 1.82. The Morgan fingerprint density at radius 3 is 3.00 bits per heavy atom. The lowest BCUT2D eigenvalue weighted by atomic mass is 10.2. The van der Waals surface area contributed by atoms with Crippen molar-refractivity contribution >= 4 is 17.1 Å². The van der Waals surface area contributed by atoms with E-state index >= 15 is 0 Å². The average Bonchev–Trinajstić information content (AvgIpc) is 2.43. The summed E-state index contributed by atoms with van der Waals surface area (Å²) in [6, 6.07) is 4.05. The van der Waals surface area contributed by atoms with Crippen molar-refractivity contribution in [3.8, 4) is 0 Å². The fraction of sp³-hybridized carbons (Fsp3) is 0.300. The first-order valence-corrected chi connectivity index (χ1v) is 4.88. The van der Waals surface area contributed by atoms with E-state index in [2.05, 4.69) is 22.6 Å². The molecule has 0 spiro atoms. The van der Waals surface area contributed by atoms with Crippen LogP contribution >= 0.6 is 11.6 Å². The largest absolute Gasteiger partial charge is 0.316 e. The summed E-state index contributed by atoms with van der Waals surface area (Å²) in [5, 5.41) is 3.68. The van der Waals surface area contributed by atoms with Crippen LogP contribution in [0.25, 0.3) is 5.52 Å². The van der Waals surface area contributed by atoms with Gasteiger partial charge >= 0.3 is 0 Å². The van der Waals surface area contributed by atoms with Crippen LogP contribution in [0.15, 0.2) is 18.3 Å². The van der Waals surface area contributed by atoms with Gasteiger partial charge in [-0.2, -0.15) is 0 Å². The zero-order valence-electron chi connectivity index (χ0n) is 8.21. The number of imidazole rings is 1. The summed E-state index contributed by atoms with van der Waals surface area (Å²) >= 11 is 5.96. The van der Waals surface area contributed by atoms with Crippen molar-refractivity contribution in [2.24, 2.45) is 0 Å². The monoisotopic (exact) mass is 209 g/mol. The van der Waals surface area contributed by atoms with Crippen LogP contribution in [0.3, 0.4) is 0 Å². The fourth-order valence-electron chi connectivity index (χ4n) is 1.54. The van der Waals surface area contributed by atoms with Gasteiger partial charge in [-0.3, -0.25) is 0 Å². The molecular weight excluding hydrogens is 198 g/mol. The lowest BCUT2D eigenvalue weighted by molar-refractivity contribution is 0.809. The molecule has 2 aromatic heterocycles. The van der Waals surface area contributed by atoms with Gasteiger partial charge in [-0.05, 0) is 25.6 Å². The molecule has 0 atom stereocenters. The van der Waals surface area contributed by atoms with Crippen LogP contribution in [-0.4, -0.2) is 16.4 Å². The highest BCUT2D eigenvalue weighted by Crippen LogP contribution is 2.18. The zero-order valence-corrected chi connectivity index (χ0v) is 8.97. The molecule has 14 heavy (non-hydrogen) atoms. The standard InChI is InChI=1S/C10H12ClN3/c1-7-13-10(11)9-4-3-8(5-12-2)6-14(7)9/h3-4,6,12H,5H2,1-2H3. The van der Waals surface area contributed by atoms with Crippen LogP contribution in [0.4, 0.5) is 0 Å². The molecule has 0 aliphatic carbocycles. The molecule has 0 saturated heterocycles. The highest BCUT2D eigenvalue weighted by molar-refractivity contribution is 6.32. The number of aromatic nitrogens is 2. The van der Waals surface area contributed by atoms with E-state index in [1.165, 1.54) is 5.56 Å². The van der Waals surface area contributed by atoms with Crippen LogP contribution in [0.5, 0.6) is 0 Å². The minimum absolute atomic E-state index is 0.568. The minimum atomic E-state index is 0.568. The van der Waals surface area contributed by atoms with Crippen LogP contribution < -0.4 is 5.32 Å². The molecule has 74 valence electrons. The first-order valence-electron chi connectivity index (χ1n) is 4.50. The van der Waals surface area contributed by atoms with E-state index in [0.29, 0.717) is 5.15 Å². The predicted octanol–water partition coefficient (Wildman–Crippen LogP) is 2.02. The summed E-state index contributed by atoms with van der Waals surface area (Å²) in [5.41, 5.74) is 2.18. The van der Waals surface area contributed by atoms with Gasteiger partial charge in [0, 0.05) is 12.7 Å². The molecule has 3 nitrogen and oxygen atoms in total. The van der Waals surface area contributed by atoms with Crippen LogP contribution in [0, 0.1) is 6.92 Å². The molecule has 0 bridgehead atoms. The van der Waals surface area contributed by atoms with E-state index in [4.69, 9.17) is 11.6 Å². The molecule has 0 radical (unpaired) electrons. The number of nitrogens with zero attached hydrogens (tertiary/aromatic N) is 2. The topological polar surface area (TPSA) is 29.3 Å². The van der Waals surface area contributed by atoms with E-state index in [-0.39, 0.29) is 0 Å². The van der Waals surface area contributed by atoms with Gasteiger partial charge < -0.3 is 9.72 Å². The minimum Gasteiger partial charge on any atom is -0.316 e. The van der Waals surface area contributed by atoms with Gasteiger partial charge in [-0.15, -0.1) is 0 Å². The summed E-state index contributed by atoms with van der Waals surface area (Å²) in [4.78, 5) is 4.20. The van der Waals surface area contributed by atoms with Crippen molar-refractivity contribution in [1.82, 2.24) is 14.7 Å². The van der Waals surface area contributed by atoms with Crippen molar-refractivity contribution in [2.75, 3.05) is 7.05 Å². The molecule has 0 amide bonds.